The third-order valence-electron chi connectivity index (χ3n) is 0.938. The van der Waals surface area contributed by atoms with Crippen LogP contribution in [0.2, 0.25) is 19.6 Å². The molecule has 0 heterocycles. The SMILES string of the molecule is CC(C)(C)OC[Si](C)(C)C. The Labute approximate surface area is 65.8 Å². The molecule has 0 spiro atoms. The highest BCUT2D eigenvalue weighted by Gasteiger charge is 2.18. The highest BCUT2D eigenvalue weighted by molar-refractivity contribution is 6.76. The first-order chi connectivity index (χ1) is 4.21. The van der Waals surface area contributed by atoms with Gasteiger partial charge in [0, 0.05) is 6.23 Å². The molecule has 2 heteroatoms. The standard InChI is InChI=1S/C8H20OSi/c1-8(2,3)9-7-10(4,5)6/h7H2,1-6H3. The Morgan fingerprint density at radius 3 is 1.60 bits per heavy atom. The van der Waals surface area contributed by atoms with E-state index in [1.807, 2.05) is 0 Å². The van der Waals surface area contributed by atoms with Gasteiger partial charge in [0.05, 0.1) is 13.7 Å². The molecule has 0 amide bonds. The summed E-state index contributed by atoms with van der Waals surface area (Å²) in [4.78, 5) is 0. The molecule has 0 rings (SSSR count). The second kappa shape index (κ2) is 3.05. The van der Waals surface area contributed by atoms with E-state index < -0.39 is 8.07 Å². The van der Waals surface area contributed by atoms with Crippen LogP contribution < -0.4 is 0 Å². The van der Waals surface area contributed by atoms with E-state index in [1.54, 1.807) is 0 Å². The Bertz CT molecular complexity index is 82.8. The molecule has 0 aromatic carbocycles. The molecular weight excluding hydrogens is 140 g/mol. The Morgan fingerprint density at radius 1 is 1.10 bits per heavy atom. The monoisotopic (exact) mass is 160 g/mol. The second-order valence-electron chi connectivity index (χ2n) is 4.96. The quantitative estimate of drug-likeness (QED) is 0.564. The molecule has 10 heavy (non-hydrogen) atoms. The van der Waals surface area contributed by atoms with Gasteiger partial charge in [-0.05, 0) is 20.8 Å². The first-order valence-corrected chi connectivity index (χ1v) is 7.55. The average Bonchev–Trinajstić information content (AvgIpc) is 1.57. The Morgan fingerprint density at radius 2 is 1.50 bits per heavy atom. The van der Waals surface area contributed by atoms with Gasteiger partial charge in [0.15, 0.2) is 0 Å². The lowest BCUT2D eigenvalue weighted by molar-refractivity contribution is 0.0223. The van der Waals surface area contributed by atoms with Crippen LogP contribution in [0.1, 0.15) is 20.8 Å². The van der Waals surface area contributed by atoms with Crippen molar-refractivity contribution in [2.24, 2.45) is 0 Å². The molecule has 0 aliphatic rings. The molecule has 62 valence electrons. The van der Waals surface area contributed by atoms with Crippen molar-refractivity contribution in [2.45, 2.75) is 46.0 Å². The zero-order valence-electron chi connectivity index (χ0n) is 8.12. The first-order valence-electron chi connectivity index (χ1n) is 3.85. The summed E-state index contributed by atoms with van der Waals surface area (Å²) in [6.07, 6.45) is 0.969. The van der Waals surface area contributed by atoms with Crippen LogP contribution in [0, 0.1) is 0 Å². The Balaban J connectivity index is 3.56. The van der Waals surface area contributed by atoms with Crippen LogP contribution >= 0.6 is 0 Å². The molecule has 0 unspecified atom stereocenters. The van der Waals surface area contributed by atoms with Gasteiger partial charge in [0.1, 0.15) is 0 Å². The van der Waals surface area contributed by atoms with Crippen LogP contribution in [0.15, 0.2) is 0 Å². The Hall–Kier alpha value is 0.177. The molecule has 0 saturated heterocycles. The summed E-state index contributed by atoms with van der Waals surface area (Å²) in [5, 5.41) is 0. The van der Waals surface area contributed by atoms with E-state index in [0.717, 1.165) is 6.23 Å². The van der Waals surface area contributed by atoms with E-state index in [0.29, 0.717) is 0 Å². The minimum Gasteiger partial charge on any atom is -0.379 e. The zero-order valence-corrected chi connectivity index (χ0v) is 9.12. The van der Waals surface area contributed by atoms with E-state index in [9.17, 15) is 0 Å². The molecule has 0 atom stereocenters. The van der Waals surface area contributed by atoms with Gasteiger partial charge in [-0.2, -0.15) is 0 Å². The van der Waals surface area contributed by atoms with E-state index in [2.05, 4.69) is 40.4 Å². The van der Waals surface area contributed by atoms with Crippen LogP contribution in [0.4, 0.5) is 0 Å². The van der Waals surface area contributed by atoms with Gasteiger partial charge >= 0.3 is 0 Å². The summed E-state index contributed by atoms with van der Waals surface area (Å²) in [6, 6.07) is 0. The topological polar surface area (TPSA) is 9.23 Å². The molecule has 0 fully saturated rings. The molecule has 0 radical (unpaired) electrons. The summed E-state index contributed by atoms with van der Waals surface area (Å²) in [7, 11) is -0.989. The van der Waals surface area contributed by atoms with E-state index in [-0.39, 0.29) is 5.60 Å². The number of ether oxygens (including phenoxy) is 1. The summed E-state index contributed by atoms with van der Waals surface area (Å²) in [5.74, 6) is 0. The molecule has 1 nitrogen and oxygen atoms in total. The fourth-order valence-electron chi connectivity index (χ4n) is 0.433. The van der Waals surface area contributed by atoms with E-state index in [1.165, 1.54) is 0 Å². The number of hydrogen-bond donors (Lipinski definition) is 0. The smallest absolute Gasteiger partial charge is 0.0746 e. The predicted octanol–water partition coefficient (Wildman–Crippen LogP) is 2.68. The van der Waals surface area contributed by atoms with Crippen molar-refractivity contribution in [3.8, 4) is 0 Å². The lowest BCUT2D eigenvalue weighted by Crippen LogP contribution is -2.33. The highest BCUT2D eigenvalue weighted by atomic mass is 28.3. The maximum atomic E-state index is 5.66. The van der Waals surface area contributed by atoms with Gasteiger partial charge in [-0.25, -0.2) is 0 Å². The van der Waals surface area contributed by atoms with Crippen molar-refractivity contribution >= 4 is 8.07 Å². The van der Waals surface area contributed by atoms with E-state index in [4.69, 9.17) is 4.74 Å². The summed E-state index contributed by atoms with van der Waals surface area (Å²) in [5.41, 5.74) is 0.0419. The lowest BCUT2D eigenvalue weighted by Gasteiger charge is -2.25. The van der Waals surface area contributed by atoms with Gasteiger partial charge in [0.25, 0.3) is 0 Å². The highest BCUT2D eigenvalue weighted by Crippen LogP contribution is 2.10. The zero-order chi connectivity index (χ0) is 8.41. The molecule has 0 N–H and O–H groups in total. The summed E-state index contributed by atoms with van der Waals surface area (Å²) in [6.45, 7) is 13.3. The van der Waals surface area contributed by atoms with Crippen molar-refractivity contribution < 1.29 is 4.74 Å². The number of hydrogen-bond acceptors (Lipinski definition) is 1. The van der Waals surface area contributed by atoms with E-state index >= 15 is 0 Å². The van der Waals surface area contributed by atoms with Crippen LogP contribution in [0.3, 0.4) is 0 Å². The predicted molar refractivity (Wildman–Crippen MR) is 49.1 cm³/mol. The fourth-order valence-corrected chi connectivity index (χ4v) is 1.30. The van der Waals surface area contributed by atoms with Gasteiger partial charge in [-0.3, -0.25) is 0 Å². The summed E-state index contributed by atoms with van der Waals surface area (Å²) >= 11 is 0. The normalized spacial score (nSPS) is 13.8. The van der Waals surface area contributed by atoms with Crippen LogP contribution in [-0.4, -0.2) is 19.9 Å². The average molecular weight is 160 g/mol. The summed E-state index contributed by atoms with van der Waals surface area (Å²) < 4.78 is 5.66. The largest absolute Gasteiger partial charge is 0.379 e. The van der Waals surface area contributed by atoms with Crippen LogP contribution in [-0.2, 0) is 4.74 Å². The van der Waals surface area contributed by atoms with Crippen LogP contribution in [0.25, 0.3) is 0 Å². The molecule has 0 aromatic rings. The minimum absolute atomic E-state index is 0.0419. The van der Waals surface area contributed by atoms with Crippen molar-refractivity contribution in [3.05, 3.63) is 0 Å². The third-order valence-corrected chi connectivity index (χ3v) is 1.95. The van der Waals surface area contributed by atoms with Gasteiger partial charge in [-0.15, -0.1) is 0 Å². The van der Waals surface area contributed by atoms with Crippen molar-refractivity contribution in [1.29, 1.82) is 0 Å². The molecule has 0 saturated carbocycles. The first kappa shape index (κ1) is 10.2. The number of rotatable bonds is 2. The minimum atomic E-state index is -0.989. The maximum Gasteiger partial charge on any atom is 0.0746 e. The van der Waals surface area contributed by atoms with Gasteiger partial charge in [-0.1, -0.05) is 19.6 Å². The fraction of sp³-hybridized carbons (Fsp3) is 1.00. The molecular formula is C8H20OSi. The van der Waals surface area contributed by atoms with Gasteiger partial charge < -0.3 is 4.74 Å². The maximum absolute atomic E-state index is 5.66. The van der Waals surface area contributed by atoms with Crippen molar-refractivity contribution in [2.75, 3.05) is 6.23 Å². The molecule has 0 aliphatic heterocycles. The van der Waals surface area contributed by atoms with Crippen LogP contribution in [0.5, 0.6) is 0 Å². The van der Waals surface area contributed by atoms with Crippen molar-refractivity contribution in [1.82, 2.24) is 0 Å². The lowest BCUT2D eigenvalue weighted by atomic mass is 10.2. The second-order valence-corrected chi connectivity index (χ2v) is 10.4. The Kier molecular flexibility index (Phi) is 3.11. The molecule has 0 aliphatic carbocycles. The molecule has 0 aromatic heterocycles. The van der Waals surface area contributed by atoms with Gasteiger partial charge in [0.2, 0.25) is 0 Å². The molecule has 0 bridgehead atoms. The third kappa shape index (κ3) is 8.18. The van der Waals surface area contributed by atoms with Crippen molar-refractivity contribution in [3.63, 3.8) is 0 Å².